The monoisotopic (exact) mass is 1170 g/mol. The van der Waals surface area contributed by atoms with Crippen LogP contribution in [0.1, 0.15) is 109 Å². The SMILES string of the molecule is CO[C@@H](C)c1ncc(N2CCN3CCOC[C@@H]3C2)cc1-c1c2c3cc(ccc3n1CC(F)(F)F)N1CCO[C@@H](C[C@H](NC(=O)C(C3CCCC3)N3CC[C@]4(CCN(C(=O)[C@@H]5NC5C5CC5)C4)C3)C(=O)N3CCC[C@H](N3)C(=O)OCC(C)(C)C2)C1. The number of anilines is 2. The van der Waals surface area contributed by atoms with E-state index in [2.05, 4.69) is 40.6 Å². The highest BCUT2D eigenvalue weighted by Crippen LogP contribution is 2.47. The quantitative estimate of drug-likeness (QED) is 0.163. The highest BCUT2D eigenvalue weighted by molar-refractivity contribution is 5.95. The number of nitrogens with zero attached hydrogens (tertiary/aromatic N) is 8. The summed E-state index contributed by atoms with van der Waals surface area (Å²) in [7, 11) is 1.57. The number of amides is 3. The summed E-state index contributed by atoms with van der Waals surface area (Å²) in [6.45, 7) is 13.1. The number of aromatic nitrogens is 2. The number of morpholine rings is 2. The van der Waals surface area contributed by atoms with Crippen LogP contribution in [0.4, 0.5) is 24.5 Å². The third kappa shape index (κ3) is 11.9. The van der Waals surface area contributed by atoms with Crippen LogP contribution in [0.15, 0.2) is 30.5 Å². The second kappa shape index (κ2) is 23.2. The Morgan fingerprint density at radius 3 is 2.52 bits per heavy atom. The number of hydrazine groups is 1. The summed E-state index contributed by atoms with van der Waals surface area (Å²) >= 11 is 0. The summed E-state index contributed by atoms with van der Waals surface area (Å²) in [5.41, 5.74) is 6.39. The van der Waals surface area contributed by atoms with E-state index in [0.29, 0.717) is 117 Å². The van der Waals surface area contributed by atoms with Gasteiger partial charge in [-0.05, 0) is 113 Å². The molecule has 2 aromatic heterocycles. The number of nitrogens with one attached hydrogen (secondary N) is 3. The van der Waals surface area contributed by atoms with Crippen LogP contribution < -0.4 is 25.9 Å². The molecular formula is C62H86F3N11O8. The molecule has 6 bridgehead atoms. The Labute approximate surface area is 490 Å². The normalized spacial score (nSPS) is 30.8. The van der Waals surface area contributed by atoms with Crippen molar-refractivity contribution < 1.29 is 51.3 Å². The van der Waals surface area contributed by atoms with Gasteiger partial charge in [-0.25, -0.2) is 5.43 Å². The first kappa shape index (κ1) is 57.9. The van der Waals surface area contributed by atoms with Gasteiger partial charge >= 0.3 is 12.1 Å². The predicted octanol–water partition coefficient (Wildman–Crippen LogP) is 5.43. The van der Waals surface area contributed by atoms with Gasteiger partial charge in [0.05, 0.1) is 74.0 Å². The van der Waals surface area contributed by atoms with Crippen molar-refractivity contribution in [2.45, 2.75) is 159 Å². The number of piperazine rings is 1. The van der Waals surface area contributed by atoms with Crippen molar-refractivity contribution in [3.8, 4) is 11.3 Å². The number of likely N-dealkylation sites (tertiary alicyclic amines) is 2. The van der Waals surface area contributed by atoms with Crippen molar-refractivity contribution in [1.82, 2.24) is 45.3 Å². The molecule has 458 valence electrons. The van der Waals surface area contributed by atoms with Crippen LogP contribution in [0.2, 0.25) is 0 Å². The summed E-state index contributed by atoms with van der Waals surface area (Å²) in [6, 6.07) is 5.71. The van der Waals surface area contributed by atoms with Gasteiger partial charge in [-0.3, -0.25) is 44.3 Å². The van der Waals surface area contributed by atoms with E-state index in [1.54, 1.807) is 19.4 Å². The first-order valence-corrected chi connectivity index (χ1v) is 31.4. The van der Waals surface area contributed by atoms with Crippen molar-refractivity contribution in [3.05, 3.63) is 41.7 Å². The minimum absolute atomic E-state index is 0.0620. The number of cyclic esters (lactones) is 1. The molecule has 2 unspecified atom stereocenters. The number of carbonyl (C=O) groups excluding carboxylic acids is 4. The molecule has 3 amide bonds. The average molecular weight is 1170 g/mol. The largest absolute Gasteiger partial charge is 0.464 e. The molecule has 3 aromatic rings. The molecule has 9 atom stereocenters. The van der Waals surface area contributed by atoms with E-state index in [9.17, 15) is 9.59 Å². The van der Waals surface area contributed by atoms with Crippen molar-refractivity contribution in [2.75, 3.05) is 115 Å². The van der Waals surface area contributed by atoms with Crippen molar-refractivity contribution in [1.29, 1.82) is 0 Å². The second-order valence-electron chi connectivity index (χ2n) is 27.2. The van der Waals surface area contributed by atoms with Gasteiger partial charge in [0.1, 0.15) is 24.7 Å². The zero-order valence-electron chi connectivity index (χ0n) is 49.4. The number of ether oxygens (including phenoxy) is 4. The molecule has 9 fully saturated rings. The maximum atomic E-state index is 15.3. The van der Waals surface area contributed by atoms with Gasteiger partial charge in [0, 0.05) is 118 Å². The molecule has 84 heavy (non-hydrogen) atoms. The van der Waals surface area contributed by atoms with Crippen molar-refractivity contribution >= 4 is 46.0 Å². The molecule has 2 aliphatic carbocycles. The smallest absolute Gasteiger partial charge is 0.406 e. The minimum atomic E-state index is -4.61. The number of carbonyl (C=O) groups is 4. The molecule has 0 radical (unpaired) electrons. The molecule has 10 heterocycles. The Morgan fingerprint density at radius 2 is 1.73 bits per heavy atom. The van der Waals surface area contributed by atoms with Crippen LogP contribution in [-0.2, 0) is 51.1 Å². The Balaban J connectivity index is 0.831. The van der Waals surface area contributed by atoms with E-state index in [0.717, 1.165) is 82.6 Å². The Morgan fingerprint density at radius 1 is 0.917 bits per heavy atom. The maximum Gasteiger partial charge on any atom is 0.406 e. The predicted molar refractivity (Wildman–Crippen MR) is 309 cm³/mol. The highest BCUT2D eigenvalue weighted by Gasteiger charge is 2.55. The second-order valence-corrected chi connectivity index (χ2v) is 27.2. The number of halogens is 3. The average Bonchev–Trinajstić information content (AvgIpc) is 1.98. The molecule has 13 rings (SSSR count). The Kier molecular flexibility index (Phi) is 16.0. The van der Waals surface area contributed by atoms with E-state index < -0.39 is 54.4 Å². The van der Waals surface area contributed by atoms with Gasteiger partial charge in [-0.2, -0.15) is 13.2 Å². The summed E-state index contributed by atoms with van der Waals surface area (Å²) in [5.74, 6) is -0.137. The third-order valence-corrected chi connectivity index (χ3v) is 20.5. The number of fused-ring (bicyclic) bond motifs is 7. The van der Waals surface area contributed by atoms with E-state index in [1.165, 1.54) is 22.4 Å². The number of esters is 1. The molecule has 1 aromatic carbocycles. The standard InChI is InChI=1S/C62H86F3N11O8/c1-38(81-4)51-46(27-42(30-66-51)71-21-20-70-22-24-82-33-43(70)31-71)55-47-29-60(2,3)37-84-59(80)48-10-7-17-76(69-48)57(78)49(28-44-32-72(23-25-83-44)41-13-14-50(45(47)26-41)75(55)36-62(63,64)65)67-56(77)54(40-8-5-6-9-40)73-18-15-61(34-73)16-19-74(35-61)58(79)53-52(68-53)39-11-12-39/h13-14,26-27,30,38-40,43-44,48-49,52-54,68-69H,5-12,15-25,28-29,31-37H2,1-4H3,(H,67,77)/t38-,43-,44-,48-,49-,52?,53+,54?,61-/m0/s1. The topological polar surface area (TPSA) is 188 Å². The van der Waals surface area contributed by atoms with E-state index >= 15 is 22.8 Å². The van der Waals surface area contributed by atoms with Gasteiger partial charge in [-0.1, -0.05) is 26.7 Å². The van der Waals surface area contributed by atoms with Crippen LogP contribution in [0.25, 0.3) is 22.2 Å². The van der Waals surface area contributed by atoms with Gasteiger partial charge in [0.2, 0.25) is 11.8 Å². The lowest BCUT2D eigenvalue weighted by Gasteiger charge is -2.44. The van der Waals surface area contributed by atoms with Crippen LogP contribution in [0.5, 0.6) is 0 Å². The number of benzene rings is 1. The summed E-state index contributed by atoms with van der Waals surface area (Å²) in [6.07, 6.45) is 5.45. The van der Waals surface area contributed by atoms with Gasteiger partial charge in [0.15, 0.2) is 0 Å². The first-order chi connectivity index (χ1) is 40.4. The van der Waals surface area contributed by atoms with Crippen molar-refractivity contribution in [2.24, 2.45) is 22.7 Å². The fourth-order valence-electron chi connectivity index (χ4n) is 15.8. The fraction of sp³-hybridized carbons (Fsp3) is 0.726. The zero-order chi connectivity index (χ0) is 58.2. The van der Waals surface area contributed by atoms with Gasteiger partial charge < -0.3 is 43.5 Å². The molecule has 1 spiro atoms. The molecule has 19 nitrogen and oxygen atoms in total. The lowest BCUT2D eigenvalue weighted by atomic mass is 9.84. The van der Waals surface area contributed by atoms with Crippen LogP contribution in [0, 0.1) is 22.7 Å². The minimum Gasteiger partial charge on any atom is -0.464 e. The van der Waals surface area contributed by atoms with Crippen molar-refractivity contribution in [3.63, 3.8) is 0 Å². The van der Waals surface area contributed by atoms with Crippen LogP contribution >= 0.6 is 0 Å². The Bertz CT molecular complexity index is 2970. The maximum absolute atomic E-state index is 15.3. The first-order valence-electron chi connectivity index (χ1n) is 31.4. The number of rotatable bonds is 11. The number of alkyl halides is 3. The highest BCUT2D eigenvalue weighted by atomic mass is 19.4. The summed E-state index contributed by atoms with van der Waals surface area (Å²) < 4.78 is 71.8. The number of pyridine rings is 1. The molecule has 3 N–H and O–H groups in total. The molecule has 8 aliphatic heterocycles. The number of hydrogen-bond donors (Lipinski definition) is 3. The fourth-order valence-corrected chi connectivity index (χ4v) is 15.8. The number of hydrogen-bond acceptors (Lipinski definition) is 15. The van der Waals surface area contributed by atoms with Gasteiger partial charge in [0.25, 0.3) is 5.91 Å². The van der Waals surface area contributed by atoms with Crippen LogP contribution in [0.3, 0.4) is 0 Å². The molecule has 10 aliphatic rings. The van der Waals surface area contributed by atoms with E-state index in [1.807, 2.05) is 39.0 Å². The Hall–Kier alpha value is -5.10. The lowest BCUT2D eigenvalue weighted by Crippen LogP contribution is -2.62. The molecule has 22 heteroatoms. The number of methoxy groups -OCH3 is 1. The summed E-state index contributed by atoms with van der Waals surface area (Å²) in [5, 5.41) is 8.89. The molecule has 7 saturated heterocycles. The van der Waals surface area contributed by atoms with E-state index in [4.69, 9.17) is 23.9 Å². The summed E-state index contributed by atoms with van der Waals surface area (Å²) in [4.78, 5) is 74.8. The molecule has 2 saturated carbocycles. The van der Waals surface area contributed by atoms with Crippen LogP contribution in [-0.4, -0.2) is 207 Å². The van der Waals surface area contributed by atoms with Gasteiger partial charge in [-0.15, -0.1) is 0 Å². The molecular weight excluding hydrogens is 1080 g/mol. The third-order valence-electron chi connectivity index (χ3n) is 20.5. The zero-order valence-corrected chi connectivity index (χ0v) is 49.4. The van der Waals surface area contributed by atoms with E-state index in [-0.39, 0.29) is 60.6 Å². The lowest BCUT2D eigenvalue weighted by molar-refractivity contribution is -0.156.